The monoisotopic (exact) mass is 378 g/mol. The number of nitrogens with zero attached hydrogens (tertiary/aromatic N) is 1. The van der Waals surface area contributed by atoms with E-state index < -0.39 is 41.7 Å². The summed E-state index contributed by atoms with van der Waals surface area (Å²) < 4.78 is 4.83. The number of carbonyl (C=O) groups excluding carboxylic acids is 4. The van der Waals surface area contributed by atoms with E-state index in [-0.39, 0.29) is 23.6 Å². The van der Waals surface area contributed by atoms with Crippen LogP contribution < -0.4 is 20.7 Å². The molecule has 0 unspecified atom stereocenters. The van der Waals surface area contributed by atoms with Gasteiger partial charge in [-0.1, -0.05) is 18.7 Å². The Morgan fingerprint density at radius 3 is 2.19 bits per heavy atom. The van der Waals surface area contributed by atoms with Gasteiger partial charge in [-0.2, -0.15) is 0 Å². The quantitative estimate of drug-likeness (QED) is 0.171. The van der Waals surface area contributed by atoms with Gasteiger partial charge >= 0.3 is 11.7 Å². The highest BCUT2D eigenvalue weighted by molar-refractivity contribution is 5.95. The zero-order valence-electron chi connectivity index (χ0n) is 14.4. The van der Waals surface area contributed by atoms with E-state index in [2.05, 4.69) is 22.5 Å². The first kappa shape index (κ1) is 21.3. The van der Waals surface area contributed by atoms with Gasteiger partial charge in [0.2, 0.25) is 23.5 Å². The highest BCUT2D eigenvalue weighted by Crippen LogP contribution is 2.25. The van der Waals surface area contributed by atoms with Crippen LogP contribution in [0.15, 0.2) is 36.4 Å². The lowest BCUT2D eigenvalue weighted by atomic mass is 10.3. The standard InChI is InChI=1S/C16H18N4O7/c1-10(2)16(24)19-8-14(22)17-7-13(21)18-9-15(23)27-12-6-4-3-5-11(12)20(25)26/h3-6H,1,7-9H2,2H3,(H,17,22)(H,18,21)(H,19,24). The lowest BCUT2D eigenvalue weighted by molar-refractivity contribution is -0.385. The summed E-state index contributed by atoms with van der Waals surface area (Å²) in [5, 5.41) is 17.5. The van der Waals surface area contributed by atoms with Crippen molar-refractivity contribution in [3.63, 3.8) is 0 Å². The summed E-state index contributed by atoms with van der Waals surface area (Å²) in [7, 11) is 0. The van der Waals surface area contributed by atoms with Crippen LogP contribution in [0, 0.1) is 10.1 Å². The normalized spacial score (nSPS) is 9.67. The summed E-state index contributed by atoms with van der Waals surface area (Å²) in [6, 6.07) is 5.29. The number of amides is 3. The van der Waals surface area contributed by atoms with Gasteiger partial charge in [-0.3, -0.25) is 24.5 Å². The maximum atomic E-state index is 11.7. The minimum Gasteiger partial charge on any atom is -0.418 e. The summed E-state index contributed by atoms with van der Waals surface area (Å²) in [6.07, 6.45) is 0. The molecule has 1 rings (SSSR count). The number of nitro groups is 1. The molecule has 0 fully saturated rings. The Kier molecular flexibility index (Phi) is 8.10. The van der Waals surface area contributed by atoms with Crippen molar-refractivity contribution in [3.8, 4) is 5.75 Å². The van der Waals surface area contributed by atoms with Gasteiger partial charge in [0.05, 0.1) is 18.0 Å². The average molecular weight is 378 g/mol. The SMILES string of the molecule is C=C(C)C(=O)NCC(=O)NCC(=O)NCC(=O)Oc1ccccc1[N+](=O)[O-]. The molecule has 11 heteroatoms. The first-order chi connectivity index (χ1) is 12.7. The first-order valence-corrected chi connectivity index (χ1v) is 7.62. The summed E-state index contributed by atoms with van der Waals surface area (Å²) in [5.41, 5.74) is -0.154. The number of para-hydroxylation sites is 2. The Bertz CT molecular complexity index is 776. The van der Waals surface area contributed by atoms with Crippen molar-refractivity contribution in [1.29, 1.82) is 0 Å². The molecule has 0 saturated carbocycles. The summed E-state index contributed by atoms with van der Waals surface area (Å²) in [5.74, 6) is -2.95. The molecule has 0 aliphatic carbocycles. The van der Waals surface area contributed by atoms with Crippen LogP contribution >= 0.6 is 0 Å². The molecule has 0 heterocycles. The predicted octanol–water partition coefficient (Wildman–Crippen LogP) is -0.575. The summed E-state index contributed by atoms with van der Waals surface area (Å²) in [6.45, 7) is 3.57. The van der Waals surface area contributed by atoms with Gasteiger partial charge in [-0.05, 0) is 13.0 Å². The zero-order valence-corrected chi connectivity index (χ0v) is 14.4. The fourth-order valence-electron chi connectivity index (χ4n) is 1.64. The molecule has 0 aromatic heterocycles. The second-order valence-corrected chi connectivity index (χ2v) is 5.22. The molecule has 3 amide bonds. The molecule has 3 N–H and O–H groups in total. The number of nitrogens with one attached hydrogen (secondary N) is 3. The average Bonchev–Trinajstić information content (AvgIpc) is 2.62. The second-order valence-electron chi connectivity index (χ2n) is 5.22. The lowest BCUT2D eigenvalue weighted by Crippen LogP contribution is -2.43. The highest BCUT2D eigenvalue weighted by atomic mass is 16.6. The van der Waals surface area contributed by atoms with Crippen molar-refractivity contribution in [1.82, 2.24) is 16.0 Å². The fourth-order valence-corrected chi connectivity index (χ4v) is 1.64. The van der Waals surface area contributed by atoms with E-state index in [1.807, 2.05) is 0 Å². The number of ether oxygens (including phenoxy) is 1. The Morgan fingerprint density at radius 2 is 1.59 bits per heavy atom. The molecule has 0 atom stereocenters. The Morgan fingerprint density at radius 1 is 1.04 bits per heavy atom. The third-order valence-electron chi connectivity index (χ3n) is 2.96. The van der Waals surface area contributed by atoms with E-state index >= 15 is 0 Å². The van der Waals surface area contributed by atoms with Crippen molar-refractivity contribution in [3.05, 3.63) is 46.5 Å². The van der Waals surface area contributed by atoms with Crippen LogP contribution in [0.3, 0.4) is 0 Å². The van der Waals surface area contributed by atoms with E-state index in [9.17, 15) is 29.3 Å². The number of hydrogen-bond acceptors (Lipinski definition) is 7. The number of rotatable bonds is 9. The minimum absolute atomic E-state index is 0.234. The van der Waals surface area contributed by atoms with Crippen molar-refractivity contribution in [2.45, 2.75) is 6.92 Å². The molecule has 0 radical (unpaired) electrons. The first-order valence-electron chi connectivity index (χ1n) is 7.62. The Labute approximate surface area is 153 Å². The zero-order chi connectivity index (χ0) is 20.4. The number of nitro benzene ring substituents is 1. The molecule has 27 heavy (non-hydrogen) atoms. The molecule has 1 aromatic rings. The summed E-state index contributed by atoms with van der Waals surface area (Å²) >= 11 is 0. The molecule has 144 valence electrons. The lowest BCUT2D eigenvalue weighted by Gasteiger charge is -2.08. The van der Waals surface area contributed by atoms with Crippen molar-refractivity contribution in [2.75, 3.05) is 19.6 Å². The van der Waals surface area contributed by atoms with Gasteiger partial charge in [0.25, 0.3) is 0 Å². The maximum absolute atomic E-state index is 11.7. The molecule has 0 bridgehead atoms. The minimum atomic E-state index is -0.919. The molecule has 0 saturated heterocycles. The molecule has 0 aliphatic heterocycles. The van der Waals surface area contributed by atoms with Gasteiger partial charge in [0, 0.05) is 11.6 Å². The Balaban J connectivity index is 2.35. The highest BCUT2D eigenvalue weighted by Gasteiger charge is 2.17. The smallest absolute Gasteiger partial charge is 0.331 e. The van der Waals surface area contributed by atoms with Gasteiger partial charge in [-0.15, -0.1) is 0 Å². The number of benzene rings is 1. The predicted molar refractivity (Wildman–Crippen MR) is 92.6 cm³/mol. The van der Waals surface area contributed by atoms with Crippen LogP contribution in [-0.2, 0) is 19.2 Å². The van der Waals surface area contributed by atoms with E-state index in [0.717, 1.165) is 0 Å². The topological polar surface area (TPSA) is 157 Å². The largest absolute Gasteiger partial charge is 0.418 e. The van der Waals surface area contributed by atoms with Crippen LogP contribution in [0.2, 0.25) is 0 Å². The molecule has 0 spiro atoms. The van der Waals surface area contributed by atoms with Crippen LogP contribution in [0.4, 0.5) is 5.69 Å². The van der Waals surface area contributed by atoms with Crippen LogP contribution in [-0.4, -0.2) is 48.2 Å². The number of esters is 1. The van der Waals surface area contributed by atoms with Crippen LogP contribution in [0.1, 0.15) is 6.92 Å². The number of carbonyl (C=O) groups is 4. The molecule has 0 aliphatic rings. The molecular formula is C16H18N4O7. The maximum Gasteiger partial charge on any atom is 0.331 e. The third kappa shape index (κ3) is 7.77. The molecule has 11 nitrogen and oxygen atoms in total. The second kappa shape index (κ2) is 10.3. The number of hydrogen-bond donors (Lipinski definition) is 3. The van der Waals surface area contributed by atoms with E-state index in [0.29, 0.717) is 0 Å². The summed E-state index contributed by atoms with van der Waals surface area (Å²) in [4.78, 5) is 56.1. The van der Waals surface area contributed by atoms with E-state index in [1.54, 1.807) is 0 Å². The molecular weight excluding hydrogens is 360 g/mol. The van der Waals surface area contributed by atoms with Gasteiger partial charge in [-0.25, -0.2) is 4.79 Å². The van der Waals surface area contributed by atoms with Crippen molar-refractivity contribution in [2.24, 2.45) is 0 Å². The van der Waals surface area contributed by atoms with Gasteiger partial charge in [0.1, 0.15) is 6.54 Å². The van der Waals surface area contributed by atoms with Crippen molar-refractivity contribution < 1.29 is 28.8 Å². The van der Waals surface area contributed by atoms with Gasteiger partial charge in [0.15, 0.2) is 0 Å². The van der Waals surface area contributed by atoms with E-state index in [1.165, 1.54) is 31.2 Å². The van der Waals surface area contributed by atoms with E-state index in [4.69, 9.17) is 4.74 Å². The van der Waals surface area contributed by atoms with Crippen LogP contribution in [0.5, 0.6) is 5.75 Å². The molecule has 1 aromatic carbocycles. The Hall–Kier alpha value is -3.76. The van der Waals surface area contributed by atoms with Crippen molar-refractivity contribution >= 4 is 29.4 Å². The van der Waals surface area contributed by atoms with Crippen LogP contribution in [0.25, 0.3) is 0 Å². The third-order valence-corrected chi connectivity index (χ3v) is 2.96. The fraction of sp³-hybridized carbons (Fsp3) is 0.250. The van der Waals surface area contributed by atoms with Gasteiger partial charge < -0.3 is 20.7 Å².